The molecule has 0 aliphatic rings. The van der Waals surface area contributed by atoms with Crippen molar-refractivity contribution in [2.24, 2.45) is 0 Å². The molecule has 2 aromatic carbocycles. The van der Waals surface area contributed by atoms with Crippen molar-refractivity contribution < 1.29 is 4.79 Å². The number of rotatable bonds is 7. The number of hydrogen-bond donors (Lipinski definition) is 1. The Hall–Kier alpha value is -1.93. The van der Waals surface area contributed by atoms with E-state index in [1.807, 2.05) is 55.5 Å². The van der Waals surface area contributed by atoms with Gasteiger partial charge in [0.2, 0.25) is 0 Å². The summed E-state index contributed by atoms with van der Waals surface area (Å²) >= 11 is 0. The Morgan fingerprint density at radius 2 is 1.60 bits per heavy atom. The molecular formula is C18H21NO. The minimum Gasteiger partial charge on any atom is -0.307 e. The Labute approximate surface area is 120 Å². The van der Waals surface area contributed by atoms with Crippen LogP contribution in [0.4, 0.5) is 0 Å². The molecular weight excluding hydrogens is 246 g/mol. The van der Waals surface area contributed by atoms with Crippen LogP contribution >= 0.6 is 0 Å². The highest BCUT2D eigenvalue weighted by Gasteiger charge is 2.16. The van der Waals surface area contributed by atoms with Crippen molar-refractivity contribution in [3.05, 3.63) is 71.8 Å². The predicted molar refractivity (Wildman–Crippen MR) is 83.0 cm³/mol. The van der Waals surface area contributed by atoms with Crippen LogP contribution < -0.4 is 5.32 Å². The molecule has 2 aromatic rings. The SMILES string of the molecule is CC[C@H](NCCc1ccccc1)C(=O)c1ccccc1. The summed E-state index contributed by atoms with van der Waals surface area (Å²) in [6, 6.07) is 19.7. The molecule has 0 aromatic heterocycles. The molecule has 0 bridgehead atoms. The molecule has 0 saturated heterocycles. The first-order valence-electron chi connectivity index (χ1n) is 7.18. The summed E-state index contributed by atoms with van der Waals surface area (Å²) in [5, 5.41) is 3.37. The van der Waals surface area contributed by atoms with Crippen molar-refractivity contribution in [3.8, 4) is 0 Å². The minimum absolute atomic E-state index is 0.0962. The van der Waals surface area contributed by atoms with Crippen LogP contribution in [0.5, 0.6) is 0 Å². The lowest BCUT2D eigenvalue weighted by atomic mass is 10.0. The van der Waals surface area contributed by atoms with Crippen LogP contribution in [0, 0.1) is 0 Å². The van der Waals surface area contributed by atoms with Crippen molar-refractivity contribution in [2.45, 2.75) is 25.8 Å². The molecule has 2 nitrogen and oxygen atoms in total. The normalized spacial score (nSPS) is 12.1. The lowest BCUT2D eigenvalue weighted by Gasteiger charge is -2.16. The van der Waals surface area contributed by atoms with Crippen LogP contribution in [0.25, 0.3) is 0 Å². The highest BCUT2D eigenvalue weighted by Crippen LogP contribution is 2.06. The zero-order valence-electron chi connectivity index (χ0n) is 11.9. The van der Waals surface area contributed by atoms with Gasteiger partial charge in [-0.15, -0.1) is 0 Å². The summed E-state index contributed by atoms with van der Waals surface area (Å²) in [5.41, 5.74) is 2.08. The number of carbonyl (C=O) groups excluding carboxylic acids is 1. The fourth-order valence-corrected chi connectivity index (χ4v) is 2.26. The molecule has 0 spiro atoms. The van der Waals surface area contributed by atoms with E-state index in [1.165, 1.54) is 5.56 Å². The van der Waals surface area contributed by atoms with Crippen LogP contribution in [-0.4, -0.2) is 18.4 Å². The minimum atomic E-state index is -0.0962. The maximum Gasteiger partial charge on any atom is 0.179 e. The van der Waals surface area contributed by atoms with E-state index in [1.54, 1.807) is 0 Å². The van der Waals surface area contributed by atoms with Gasteiger partial charge in [-0.3, -0.25) is 4.79 Å². The standard InChI is InChI=1S/C18H21NO/c1-2-17(18(20)16-11-7-4-8-12-16)19-14-13-15-9-5-3-6-10-15/h3-12,17,19H,2,13-14H2,1H3/t17-/m0/s1. The molecule has 0 heterocycles. The third-order valence-corrected chi connectivity index (χ3v) is 3.43. The lowest BCUT2D eigenvalue weighted by Crippen LogP contribution is -2.37. The van der Waals surface area contributed by atoms with E-state index in [4.69, 9.17) is 0 Å². The topological polar surface area (TPSA) is 29.1 Å². The van der Waals surface area contributed by atoms with Gasteiger partial charge in [0.25, 0.3) is 0 Å². The molecule has 0 unspecified atom stereocenters. The summed E-state index contributed by atoms with van der Waals surface area (Å²) in [4.78, 5) is 12.4. The fourth-order valence-electron chi connectivity index (χ4n) is 2.26. The van der Waals surface area contributed by atoms with Gasteiger partial charge in [0.1, 0.15) is 0 Å². The molecule has 0 amide bonds. The maximum atomic E-state index is 12.4. The Balaban J connectivity index is 1.88. The molecule has 0 radical (unpaired) electrons. The van der Waals surface area contributed by atoms with E-state index < -0.39 is 0 Å². The van der Waals surface area contributed by atoms with Gasteiger partial charge in [0.05, 0.1) is 6.04 Å². The smallest absolute Gasteiger partial charge is 0.179 e. The Morgan fingerprint density at radius 1 is 1.00 bits per heavy atom. The molecule has 1 N–H and O–H groups in total. The zero-order valence-corrected chi connectivity index (χ0v) is 11.9. The Kier molecular flexibility index (Phi) is 5.51. The quantitative estimate of drug-likeness (QED) is 0.778. The monoisotopic (exact) mass is 267 g/mol. The number of hydrogen-bond acceptors (Lipinski definition) is 2. The van der Waals surface area contributed by atoms with Crippen molar-refractivity contribution in [3.63, 3.8) is 0 Å². The number of ketones is 1. The van der Waals surface area contributed by atoms with Gasteiger partial charge in [-0.25, -0.2) is 0 Å². The van der Waals surface area contributed by atoms with Crippen molar-refractivity contribution in [2.75, 3.05) is 6.54 Å². The van der Waals surface area contributed by atoms with E-state index >= 15 is 0 Å². The number of carbonyl (C=O) groups is 1. The lowest BCUT2D eigenvalue weighted by molar-refractivity contribution is 0.0941. The van der Waals surface area contributed by atoms with E-state index in [9.17, 15) is 4.79 Å². The second-order valence-corrected chi connectivity index (χ2v) is 4.88. The number of nitrogens with one attached hydrogen (secondary N) is 1. The van der Waals surface area contributed by atoms with Gasteiger partial charge in [-0.05, 0) is 24.9 Å². The van der Waals surface area contributed by atoms with Crippen LogP contribution in [0.2, 0.25) is 0 Å². The number of benzene rings is 2. The van der Waals surface area contributed by atoms with Crippen LogP contribution in [-0.2, 0) is 6.42 Å². The molecule has 0 saturated carbocycles. The Morgan fingerprint density at radius 3 is 2.20 bits per heavy atom. The molecule has 0 aliphatic carbocycles. The first-order chi connectivity index (χ1) is 9.81. The molecule has 0 fully saturated rings. The zero-order chi connectivity index (χ0) is 14.2. The molecule has 20 heavy (non-hydrogen) atoms. The second-order valence-electron chi connectivity index (χ2n) is 4.88. The molecule has 1 atom stereocenters. The summed E-state index contributed by atoms with van der Waals surface area (Å²) in [6.45, 7) is 2.86. The fraction of sp³-hybridized carbons (Fsp3) is 0.278. The third kappa shape index (κ3) is 4.04. The summed E-state index contributed by atoms with van der Waals surface area (Å²) in [6.07, 6.45) is 1.75. The molecule has 0 aliphatic heterocycles. The predicted octanol–water partition coefficient (Wildman–Crippen LogP) is 3.48. The van der Waals surface area contributed by atoms with Crippen LogP contribution in [0.15, 0.2) is 60.7 Å². The maximum absolute atomic E-state index is 12.4. The van der Waals surface area contributed by atoms with Crippen LogP contribution in [0.3, 0.4) is 0 Å². The number of Topliss-reactive ketones (excluding diaryl/α,β-unsaturated/α-hetero) is 1. The van der Waals surface area contributed by atoms with E-state index in [0.717, 1.165) is 24.9 Å². The average molecular weight is 267 g/mol. The second kappa shape index (κ2) is 7.61. The van der Waals surface area contributed by atoms with Gasteiger partial charge in [-0.2, -0.15) is 0 Å². The van der Waals surface area contributed by atoms with E-state index in [0.29, 0.717) is 0 Å². The summed E-state index contributed by atoms with van der Waals surface area (Å²) in [5.74, 6) is 0.182. The van der Waals surface area contributed by atoms with E-state index in [-0.39, 0.29) is 11.8 Å². The van der Waals surface area contributed by atoms with Gasteiger partial charge in [0, 0.05) is 5.56 Å². The van der Waals surface area contributed by atoms with Crippen molar-refractivity contribution >= 4 is 5.78 Å². The molecule has 2 rings (SSSR count). The summed E-state index contributed by atoms with van der Waals surface area (Å²) < 4.78 is 0. The van der Waals surface area contributed by atoms with E-state index in [2.05, 4.69) is 17.4 Å². The van der Waals surface area contributed by atoms with Crippen LogP contribution in [0.1, 0.15) is 29.3 Å². The highest BCUT2D eigenvalue weighted by atomic mass is 16.1. The average Bonchev–Trinajstić information content (AvgIpc) is 2.53. The van der Waals surface area contributed by atoms with Crippen molar-refractivity contribution in [1.82, 2.24) is 5.32 Å². The largest absolute Gasteiger partial charge is 0.307 e. The first kappa shape index (κ1) is 14.5. The summed E-state index contributed by atoms with van der Waals surface area (Å²) in [7, 11) is 0. The highest BCUT2D eigenvalue weighted by molar-refractivity contribution is 6.00. The van der Waals surface area contributed by atoms with Crippen molar-refractivity contribution in [1.29, 1.82) is 0 Å². The Bertz CT molecular complexity index is 522. The van der Waals surface area contributed by atoms with Gasteiger partial charge in [0.15, 0.2) is 5.78 Å². The molecule has 104 valence electrons. The first-order valence-corrected chi connectivity index (χ1v) is 7.18. The molecule has 2 heteroatoms. The van der Waals surface area contributed by atoms with Gasteiger partial charge in [-0.1, -0.05) is 67.6 Å². The van der Waals surface area contributed by atoms with Gasteiger partial charge >= 0.3 is 0 Å². The third-order valence-electron chi connectivity index (χ3n) is 3.43. The van der Waals surface area contributed by atoms with Gasteiger partial charge < -0.3 is 5.32 Å².